The molecule has 1 aliphatic heterocycles. The summed E-state index contributed by atoms with van der Waals surface area (Å²) in [6.45, 7) is 6.89. The van der Waals surface area contributed by atoms with Gasteiger partial charge in [-0.1, -0.05) is 6.07 Å². The number of nitrogen functional groups attached to an aromatic ring is 1. The van der Waals surface area contributed by atoms with Gasteiger partial charge in [-0.3, -0.25) is 4.79 Å². The van der Waals surface area contributed by atoms with Crippen molar-refractivity contribution in [3.05, 3.63) is 76.9 Å². The molecule has 0 fully saturated rings. The molecule has 0 saturated heterocycles. The summed E-state index contributed by atoms with van der Waals surface area (Å²) in [4.78, 5) is 28.4. The predicted octanol–water partition coefficient (Wildman–Crippen LogP) is 2.93. The highest BCUT2D eigenvalue weighted by atomic mass is 16.5. The van der Waals surface area contributed by atoms with Gasteiger partial charge in [0.15, 0.2) is 11.6 Å². The number of aromatic nitrogens is 5. The molecule has 0 atom stereocenters. The lowest BCUT2D eigenvalue weighted by molar-refractivity contribution is 0.0951. The SMILES string of the molecule is CCOc1ccc(CNC(=O)c2cnn(-c3nc(-c4cc(C)c5c(c4)CN(C)CC5)cnc3N)c2)cn1. The van der Waals surface area contributed by atoms with Crippen molar-refractivity contribution in [3.8, 4) is 23.0 Å². The Morgan fingerprint density at radius 2 is 2.05 bits per heavy atom. The number of anilines is 1. The average molecular weight is 499 g/mol. The Kier molecular flexibility index (Phi) is 6.82. The van der Waals surface area contributed by atoms with Crippen LogP contribution in [0.15, 0.2) is 49.1 Å². The number of fused-ring (bicyclic) bond motifs is 1. The number of amides is 1. The van der Waals surface area contributed by atoms with Gasteiger partial charge in [-0.15, -0.1) is 0 Å². The summed E-state index contributed by atoms with van der Waals surface area (Å²) in [6, 6.07) is 7.97. The van der Waals surface area contributed by atoms with E-state index in [1.807, 2.05) is 13.0 Å². The smallest absolute Gasteiger partial charge is 0.254 e. The Morgan fingerprint density at radius 3 is 2.84 bits per heavy atom. The molecule has 1 amide bonds. The molecule has 0 bridgehead atoms. The molecule has 190 valence electrons. The van der Waals surface area contributed by atoms with Gasteiger partial charge < -0.3 is 20.7 Å². The first-order chi connectivity index (χ1) is 17.9. The van der Waals surface area contributed by atoms with E-state index in [0.29, 0.717) is 36.1 Å². The van der Waals surface area contributed by atoms with Crippen LogP contribution in [-0.2, 0) is 19.5 Å². The number of hydrogen-bond acceptors (Lipinski definition) is 8. The number of ether oxygens (including phenoxy) is 1. The Morgan fingerprint density at radius 1 is 1.19 bits per heavy atom. The molecule has 10 nitrogen and oxygen atoms in total. The lowest BCUT2D eigenvalue weighted by atomic mass is 9.92. The number of aryl methyl sites for hydroxylation is 1. The standard InChI is InChI=1S/C27H30N8O2/c1-4-37-24-6-5-18(11-29-24)12-31-27(36)21-13-32-35(16-21)26-25(28)30-14-23(33-26)19-9-17(2)22-7-8-34(3)15-20(22)10-19/h5-6,9-11,13-14,16H,4,7-8,12,15H2,1-3H3,(H2,28,30)(H,31,36). The Labute approximate surface area is 215 Å². The van der Waals surface area contributed by atoms with Gasteiger partial charge in [0, 0.05) is 43.7 Å². The van der Waals surface area contributed by atoms with Gasteiger partial charge in [0.05, 0.1) is 30.3 Å². The van der Waals surface area contributed by atoms with Gasteiger partial charge in [-0.2, -0.15) is 5.10 Å². The second kappa shape index (κ2) is 10.4. The van der Waals surface area contributed by atoms with E-state index in [2.05, 4.69) is 51.4 Å². The fourth-order valence-electron chi connectivity index (χ4n) is 4.49. The molecule has 10 heteroatoms. The van der Waals surface area contributed by atoms with Crippen LogP contribution in [0.25, 0.3) is 17.1 Å². The summed E-state index contributed by atoms with van der Waals surface area (Å²) in [5.41, 5.74) is 13.1. The molecule has 3 N–H and O–H groups in total. The van der Waals surface area contributed by atoms with Gasteiger partial charge in [-0.05, 0) is 61.7 Å². The summed E-state index contributed by atoms with van der Waals surface area (Å²) >= 11 is 0. The summed E-state index contributed by atoms with van der Waals surface area (Å²) in [6.07, 6.45) is 7.48. The number of rotatable bonds is 7. The molecule has 0 spiro atoms. The second-order valence-corrected chi connectivity index (χ2v) is 9.18. The van der Waals surface area contributed by atoms with Crippen molar-refractivity contribution in [1.29, 1.82) is 0 Å². The molecule has 1 aliphatic rings. The van der Waals surface area contributed by atoms with Gasteiger partial charge in [0.1, 0.15) is 0 Å². The van der Waals surface area contributed by atoms with Crippen molar-refractivity contribution < 1.29 is 9.53 Å². The zero-order valence-corrected chi connectivity index (χ0v) is 21.2. The zero-order chi connectivity index (χ0) is 25.9. The van der Waals surface area contributed by atoms with E-state index in [0.717, 1.165) is 30.6 Å². The molecule has 4 aromatic rings. The number of nitrogens with one attached hydrogen (secondary N) is 1. The van der Waals surface area contributed by atoms with Crippen LogP contribution in [0.2, 0.25) is 0 Å². The monoisotopic (exact) mass is 498 g/mol. The number of nitrogens with two attached hydrogens (primary N) is 1. The molecular weight excluding hydrogens is 468 g/mol. The van der Waals surface area contributed by atoms with Crippen LogP contribution < -0.4 is 15.8 Å². The largest absolute Gasteiger partial charge is 0.478 e. The summed E-state index contributed by atoms with van der Waals surface area (Å²) < 4.78 is 6.83. The van der Waals surface area contributed by atoms with Gasteiger partial charge in [-0.25, -0.2) is 19.6 Å². The lowest BCUT2D eigenvalue weighted by Gasteiger charge is -2.27. The predicted molar refractivity (Wildman–Crippen MR) is 140 cm³/mol. The highest BCUT2D eigenvalue weighted by Crippen LogP contribution is 2.29. The Balaban J connectivity index is 1.33. The van der Waals surface area contributed by atoms with Crippen LogP contribution in [0.1, 0.15) is 39.5 Å². The fourth-order valence-corrected chi connectivity index (χ4v) is 4.49. The number of nitrogens with zero attached hydrogens (tertiary/aromatic N) is 6. The van der Waals surface area contributed by atoms with E-state index in [1.165, 1.54) is 27.6 Å². The average Bonchev–Trinajstić information content (AvgIpc) is 3.38. The molecule has 0 aliphatic carbocycles. The van der Waals surface area contributed by atoms with E-state index in [-0.39, 0.29) is 11.7 Å². The first-order valence-corrected chi connectivity index (χ1v) is 12.3. The van der Waals surface area contributed by atoms with E-state index >= 15 is 0 Å². The van der Waals surface area contributed by atoms with Crippen molar-refractivity contribution in [2.45, 2.75) is 33.4 Å². The van der Waals surface area contributed by atoms with Crippen molar-refractivity contribution in [1.82, 2.24) is 34.9 Å². The van der Waals surface area contributed by atoms with Crippen molar-refractivity contribution in [2.24, 2.45) is 0 Å². The summed E-state index contributed by atoms with van der Waals surface area (Å²) in [5.74, 6) is 0.892. The molecule has 37 heavy (non-hydrogen) atoms. The topological polar surface area (TPSA) is 124 Å². The van der Waals surface area contributed by atoms with Crippen molar-refractivity contribution >= 4 is 11.7 Å². The third-order valence-corrected chi connectivity index (χ3v) is 6.43. The van der Waals surface area contributed by atoms with Crippen LogP contribution in [0, 0.1) is 6.92 Å². The maximum atomic E-state index is 12.7. The van der Waals surface area contributed by atoms with Crippen molar-refractivity contribution in [3.63, 3.8) is 0 Å². The van der Waals surface area contributed by atoms with Gasteiger partial charge >= 0.3 is 0 Å². The molecule has 5 rings (SSSR count). The molecule has 0 unspecified atom stereocenters. The van der Waals surface area contributed by atoms with E-state index in [1.54, 1.807) is 24.7 Å². The molecule has 4 heterocycles. The number of carbonyl (C=O) groups is 1. The maximum absolute atomic E-state index is 12.7. The quantitative estimate of drug-likeness (QED) is 0.399. The first kappa shape index (κ1) is 24.4. The minimum Gasteiger partial charge on any atom is -0.478 e. The number of likely N-dealkylation sites (N-methyl/N-ethyl adjacent to an activating group) is 1. The van der Waals surface area contributed by atoms with Crippen LogP contribution in [0.4, 0.5) is 5.82 Å². The van der Waals surface area contributed by atoms with Crippen molar-refractivity contribution in [2.75, 3.05) is 25.9 Å². The van der Waals surface area contributed by atoms with Crippen LogP contribution in [0.3, 0.4) is 0 Å². The van der Waals surface area contributed by atoms with Gasteiger partial charge in [0.25, 0.3) is 5.91 Å². The third kappa shape index (κ3) is 5.29. The van der Waals surface area contributed by atoms with E-state index < -0.39 is 0 Å². The van der Waals surface area contributed by atoms with E-state index in [9.17, 15) is 4.79 Å². The minimum absolute atomic E-state index is 0.230. The van der Waals surface area contributed by atoms with Crippen LogP contribution in [0.5, 0.6) is 5.88 Å². The van der Waals surface area contributed by atoms with Crippen LogP contribution >= 0.6 is 0 Å². The maximum Gasteiger partial charge on any atom is 0.254 e. The number of benzene rings is 1. The molecule has 0 saturated carbocycles. The number of hydrogen-bond donors (Lipinski definition) is 2. The second-order valence-electron chi connectivity index (χ2n) is 9.18. The zero-order valence-electron chi connectivity index (χ0n) is 21.2. The van der Waals surface area contributed by atoms with E-state index in [4.69, 9.17) is 15.5 Å². The van der Waals surface area contributed by atoms with Gasteiger partial charge in [0.2, 0.25) is 5.88 Å². The summed E-state index contributed by atoms with van der Waals surface area (Å²) in [7, 11) is 2.13. The highest BCUT2D eigenvalue weighted by Gasteiger charge is 2.18. The molecule has 0 radical (unpaired) electrons. The number of pyridine rings is 1. The molecule has 1 aromatic carbocycles. The third-order valence-electron chi connectivity index (χ3n) is 6.43. The van der Waals surface area contributed by atoms with Crippen LogP contribution in [-0.4, -0.2) is 55.7 Å². The molecular formula is C27H30N8O2. The lowest BCUT2D eigenvalue weighted by Crippen LogP contribution is -2.27. The fraction of sp³-hybridized carbons (Fsp3) is 0.296. The Hall–Kier alpha value is -4.31. The first-order valence-electron chi connectivity index (χ1n) is 12.3. The summed E-state index contributed by atoms with van der Waals surface area (Å²) in [5, 5.41) is 7.20. The minimum atomic E-state index is -0.266. The number of carbonyl (C=O) groups excluding carboxylic acids is 1. The Bertz CT molecular complexity index is 1430. The normalized spacial score (nSPS) is 13.3. The molecule has 3 aromatic heterocycles. The highest BCUT2D eigenvalue weighted by molar-refractivity contribution is 5.93.